The van der Waals surface area contributed by atoms with Crippen LogP contribution in [-0.2, 0) is 14.3 Å². The zero-order chi connectivity index (χ0) is 18.5. The summed E-state index contributed by atoms with van der Waals surface area (Å²) in [6.45, 7) is 14.7. The first-order valence-electron chi connectivity index (χ1n) is 8.25. The minimum atomic E-state index is -1.03. The normalized spacial score (nSPS) is 24.4. The van der Waals surface area contributed by atoms with Crippen molar-refractivity contribution in [3.8, 4) is 0 Å². The second kappa shape index (κ2) is 7.95. The summed E-state index contributed by atoms with van der Waals surface area (Å²) in [5, 5.41) is 9.86. The Morgan fingerprint density at radius 3 is 2.50 bits per heavy atom. The molecule has 0 aromatic heterocycles. The highest BCUT2D eigenvalue weighted by Gasteiger charge is 2.54. The fourth-order valence-corrected chi connectivity index (χ4v) is 2.24. The van der Waals surface area contributed by atoms with E-state index in [1.807, 2.05) is 33.8 Å². The Morgan fingerprint density at radius 2 is 2.04 bits per heavy atom. The van der Waals surface area contributed by atoms with Crippen molar-refractivity contribution >= 4 is 5.97 Å². The molecule has 0 bridgehead atoms. The number of carbonyl (C=O) groups is 1. The zero-order valence-corrected chi connectivity index (χ0v) is 15.6. The van der Waals surface area contributed by atoms with E-state index in [0.717, 1.165) is 5.57 Å². The third-order valence-corrected chi connectivity index (χ3v) is 4.16. The van der Waals surface area contributed by atoms with Gasteiger partial charge < -0.3 is 14.6 Å². The van der Waals surface area contributed by atoms with Crippen LogP contribution in [-0.4, -0.2) is 34.5 Å². The van der Waals surface area contributed by atoms with Crippen molar-refractivity contribution in [3.05, 3.63) is 48.1 Å². The topological polar surface area (TPSA) is 59.1 Å². The van der Waals surface area contributed by atoms with Crippen LogP contribution in [0.5, 0.6) is 0 Å². The van der Waals surface area contributed by atoms with Gasteiger partial charge in [0.2, 0.25) is 0 Å². The van der Waals surface area contributed by atoms with Crippen molar-refractivity contribution in [1.29, 1.82) is 0 Å². The van der Waals surface area contributed by atoms with Gasteiger partial charge in [-0.15, -0.1) is 0 Å². The summed E-state index contributed by atoms with van der Waals surface area (Å²) in [6.07, 6.45) is 8.70. The third-order valence-electron chi connectivity index (χ3n) is 4.16. The second-order valence-electron chi connectivity index (χ2n) is 7.06. The van der Waals surface area contributed by atoms with E-state index in [1.54, 1.807) is 32.1 Å². The molecule has 1 saturated heterocycles. The molecule has 1 rings (SSSR count). The van der Waals surface area contributed by atoms with Crippen LogP contribution in [0.25, 0.3) is 0 Å². The van der Waals surface area contributed by atoms with E-state index in [9.17, 15) is 9.90 Å². The maximum absolute atomic E-state index is 12.1. The van der Waals surface area contributed by atoms with Crippen LogP contribution in [0.2, 0.25) is 0 Å². The minimum Gasteiger partial charge on any atom is -0.456 e. The van der Waals surface area contributed by atoms with Crippen molar-refractivity contribution in [1.82, 2.24) is 0 Å². The molecule has 0 aliphatic carbocycles. The number of aliphatic hydroxyl groups is 1. The fraction of sp³-hybridized carbons (Fsp3) is 0.550. The molecular formula is C20H30O4. The van der Waals surface area contributed by atoms with Crippen LogP contribution in [0.3, 0.4) is 0 Å². The zero-order valence-electron chi connectivity index (χ0n) is 15.6. The molecule has 0 aromatic carbocycles. The van der Waals surface area contributed by atoms with Crippen molar-refractivity contribution in [2.75, 3.05) is 0 Å². The van der Waals surface area contributed by atoms with Crippen LogP contribution in [0.4, 0.5) is 0 Å². The van der Waals surface area contributed by atoms with Gasteiger partial charge in [-0.25, -0.2) is 4.79 Å². The summed E-state index contributed by atoms with van der Waals surface area (Å²) < 4.78 is 11.3. The fourth-order valence-electron chi connectivity index (χ4n) is 2.24. The predicted octanol–water partition coefficient (Wildman–Crippen LogP) is 3.87. The lowest BCUT2D eigenvalue weighted by atomic mass is 9.99. The van der Waals surface area contributed by atoms with E-state index in [4.69, 9.17) is 9.47 Å². The summed E-state index contributed by atoms with van der Waals surface area (Å²) in [6, 6.07) is 0. The number of hydrogen-bond acceptors (Lipinski definition) is 4. The van der Waals surface area contributed by atoms with E-state index in [1.165, 1.54) is 6.08 Å². The molecule has 24 heavy (non-hydrogen) atoms. The lowest BCUT2D eigenvalue weighted by molar-refractivity contribution is -0.145. The molecule has 1 aliphatic heterocycles. The predicted molar refractivity (Wildman–Crippen MR) is 96.6 cm³/mol. The standard InChI is InChI=1S/C20H30O4/c1-8-15(4)18(21)23-16(17-19(5,6)24-17)13-14(3)11-10-12-20(7,22)9-2/h8-12,16-17,22H,2,13H2,1,3-7H3/b12-10+,14-11+,15-8-/t16-,17+,20-/m0/s1. The van der Waals surface area contributed by atoms with Gasteiger partial charge in [-0.05, 0) is 47.6 Å². The van der Waals surface area contributed by atoms with Crippen molar-refractivity contribution in [2.24, 2.45) is 0 Å². The number of hydrogen-bond donors (Lipinski definition) is 1. The number of epoxide rings is 1. The molecule has 4 heteroatoms. The van der Waals surface area contributed by atoms with Gasteiger partial charge in [0.1, 0.15) is 12.2 Å². The first-order chi connectivity index (χ1) is 11.0. The number of rotatable bonds is 8. The van der Waals surface area contributed by atoms with Crippen LogP contribution in [0, 0.1) is 0 Å². The molecule has 1 heterocycles. The highest BCUT2D eigenvalue weighted by Crippen LogP contribution is 2.40. The van der Waals surface area contributed by atoms with Gasteiger partial charge in [-0.2, -0.15) is 0 Å². The van der Waals surface area contributed by atoms with Crippen molar-refractivity contribution < 1.29 is 19.4 Å². The van der Waals surface area contributed by atoms with E-state index < -0.39 is 5.60 Å². The maximum Gasteiger partial charge on any atom is 0.333 e. The first-order valence-corrected chi connectivity index (χ1v) is 8.25. The highest BCUT2D eigenvalue weighted by atomic mass is 16.6. The monoisotopic (exact) mass is 334 g/mol. The SMILES string of the molecule is C=C[C@](C)(O)/C=C/C=C(\C)C[C@H](OC(=O)/C(C)=C\C)[C@H]1OC1(C)C. The molecule has 0 spiro atoms. The molecular weight excluding hydrogens is 304 g/mol. The highest BCUT2D eigenvalue weighted by molar-refractivity contribution is 5.87. The summed E-state index contributed by atoms with van der Waals surface area (Å²) in [7, 11) is 0. The lowest BCUT2D eigenvalue weighted by Gasteiger charge is -2.17. The molecule has 1 aliphatic rings. The average molecular weight is 334 g/mol. The maximum atomic E-state index is 12.1. The van der Waals surface area contributed by atoms with E-state index in [0.29, 0.717) is 12.0 Å². The number of esters is 1. The Kier molecular flexibility index (Phi) is 6.76. The third kappa shape index (κ3) is 6.10. The van der Waals surface area contributed by atoms with E-state index in [2.05, 4.69) is 6.58 Å². The van der Waals surface area contributed by atoms with Crippen LogP contribution in [0.1, 0.15) is 48.0 Å². The summed E-state index contributed by atoms with van der Waals surface area (Å²) in [5.74, 6) is -0.313. The van der Waals surface area contributed by atoms with Crippen LogP contribution in [0.15, 0.2) is 48.1 Å². The molecule has 0 aromatic rings. The number of allylic oxidation sites excluding steroid dienone is 3. The van der Waals surface area contributed by atoms with Gasteiger partial charge in [-0.3, -0.25) is 0 Å². The number of ether oxygens (including phenoxy) is 2. The van der Waals surface area contributed by atoms with Gasteiger partial charge in [0.15, 0.2) is 0 Å². The van der Waals surface area contributed by atoms with E-state index in [-0.39, 0.29) is 23.8 Å². The van der Waals surface area contributed by atoms with Crippen molar-refractivity contribution in [2.45, 2.75) is 71.4 Å². The Labute approximate surface area is 145 Å². The van der Waals surface area contributed by atoms with Crippen LogP contribution < -0.4 is 0 Å². The van der Waals surface area contributed by atoms with Gasteiger partial charge in [-0.1, -0.05) is 36.5 Å². The molecule has 0 radical (unpaired) electrons. The quantitative estimate of drug-likeness (QED) is 0.241. The summed E-state index contributed by atoms with van der Waals surface area (Å²) in [5.41, 5.74) is 0.320. The molecule has 3 atom stereocenters. The largest absolute Gasteiger partial charge is 0.456 e. The summed E-state index contributed by atoms with van der Waals surface area (Å²) in [4.78, 5) is 12.1. The minimum absolute atomic E-state index is 0.102. The second-order valence-corrected chi connectivity index (χ2v) is 7.06. The molecule has 0 saturated carbocycles. The Balaban J connectivity index is 2.78. The van der Waals surface area contributed by atoms with E-state index >= 15 is 0 Å². The van der Waals surface area contributed by atoms with Gasteiger partial charge in [0.05, 0.1) is 11.2 Å². The van der Waals surface area contributed by atoms with Gasteiger partial charge >= 0.3 is 5.97 Å². The lowest BCUT2D eigenvalue weighted by Crippen LogP contribution is -2.28. The van der Waals surface area contributed by atoms with Crippen molar-refractivity contribution in [3.63, 3.8) is 0 Å². The molecule has 4 nitrogen and oxygen atoms in total. The molecule has 1 fully saturated rings. The molecule has 1 N–H and O–H groups in total. The Morgan fingerprint density at radius 1 is 1.46 bits per heavy atom. The Bertz CT molecular complexity index is 564. The Hall–Kier alpha value is -1.65. The smallest absolute Gasteiger partial charge is 0.333 e. The number of carbonyl (C=O) groups excluding carboxylic acids is 1. The van der Waals surface area contributed by atoms with Crippen LogP contribution >= 0.6 is 0 Å². The molecule has 0 amide bonds. The van der Waals surface area contributed by atoms with Gasteiger partial charge in [0.25, 0.3) is 0 Å². The molecule has 134 valence electrons. The van der Waals surface area contributed by atoms with Gasteiger partial charge in [0, 0.05) is 12.0 Å². The average Bonchev–Trinajstić information content (AvgIpc) is 3.14. The first kappa shape index (κ1) is 20.4. The summed E-state index contributed by atoms with van der Waals surface area (Å²) >= 11 is 0. The molecule has 0 unspecified atom stereocenters.